The van der Waals surface area contributed by atoms with Crippen molar-refractivity contribution in [1.82, 2.24) is 15.5 Å². The molecule has 0 heterocycles. The molecule has 0 aliphatic rings. The van der Waals surface area contributed by atoms with Gasteiger partial charge in [-0.2, -0.15) is 0 Å². The van der Waals surface area contributed by atoms with Gasteiger partial charge >= 0.3 is 6.09 Å². The molecule has 0 radical (unpaired) electrons. The number of carbonyl (C=O) groups is 3. The number of nitrogens with zero attached hydrogens (tertiary/aromatic N) is 1. The minimum Gasteiger partial charge on any atom is -0.508 e. The average molecular weight is 582 g/mol. The number of amides is 3. The fourth-order valence-corrected chi connectivity index (χ4v) is 4.84. The van der Waals surface area contributed by atoms with Crippen LogP contribution >= 0.6 is 0 Å². The van der Waals surface area contributed by atoms with Crippen LogP contribution in [0.4, 0.5) is 4.79 Å². The van der Waals surface area contributed by atoms with Crippen molar-refractivity contribution >= 4 is 17.9 Å². The summed E-state index contributed by atoms with van der Waals surface area (Å²) in [4.78, 5) is 43.4. The lowest BCUT2D eigenvalue weighted by atomic mass is 9.89. The van der Waals surface area contributed by atoms with E-state index in [1.54, 1.807) is 49.9 Å². The van der Waals surface area contributed by atoms with E-state index in [9.17, 15) is 19.5 Å². The number of rotatable bonds is 13. The second kappa shape index (κ2) is 15.1. The summed E-state index contributed by atoms with van der Waals surface area (Å²) in [5.74, 6) is -0.548. The van der Waals surface area contributed by atoms with Crippen molar-refractivity contribution < 1.29 is 24.2 Å². The fraction of sp³-hybridized carbons (Fsp3) is 0.559. The standard InChI is InChI=1S/C34H51N3O5/c1-10-12-13-20-35-30(39)29(27-19-14-23(3)21-24(27)4)37(34(8,9)11-2)31(40)28(36-32(41)42-33(5,6)7)22-25-15-17-26(38)18-16-25/h14-19,21,28-29,38H,10-13,20,22H2,1-9H3,(H,35,39)(H,36,41). The number of unbranched alkanes of at least 4 members (excludes halogenated alkanes) is 2. The minimum atomic E-state index is -1.03. The van der Waals surface area contributed by atoms with Crippen molar-refractivity contribution in [2.45, 2.75) is 118 Å². The smallest absolute Gasteiger partial charge is 0.408 e. The highest BCUT2D eigenvalue weighted by Gasteiger charge is 2.43. The van der Waals surface area contributed by atoms with Gasteiger partial charge in [-0.15, -0.1) is 0 Å². The number of phenolic OH excluding ortho intramolecular Hbond substituents is 1. The lowest BCUT2D eigenvalue weighted by molar-refractivity contribution is -0.149. The maximum atomic E-state index is 14.7. The van der Waals surface area contributed by atoms with E-state index in [1.165, 1.54) is 0 Å². The van der Waals surface area contributed by atoms with Crippen LogP contribution < -0.4 is 10.6 Å². The van der Waals surface area contributed by atoms with Crippen LogP contribution in [-0.2, 0) is 20.7 Å². The summed E-state index contributed by atoms with van der Waals surface area (Å²) < 4.78 is 5.53. The molecule has 2 aromatic carbocycles. The summed E-state index contributed by atoms with van der Waals surface area (Å²) in [5.41, 5.74) is 1.93. The molecule has 2 atom stereocenters. The number of phenols is 1. The van der Waals surface area contributed by atoms with Gasteiger partial charge in [-0.1, -0.05) is 62.6 Å². The molecule has 2 aromatic rings. The first-order valence-electron chi connectivity index (χ1n) is 15.0. The summed E-state index contributed by atoms with van der Waals surface area (Å²) in [6, 6.07) is 10.4. The van der Waals surface area contributed by atoms with Crippen LogP contribution in [-0.4, -0.2) is 51.6 Å². The molecule has 0 saturated heterocycles. The van der Waals surface area contributed by atoms with Crippen molar-refractivity contribution in [3.63, 3.8) is 0 Å². The Hall–Kier alpha value is -3.55. The van der Waals surface area contributed by atoms with Gasteiger partial charge in [-0.25, -0.2) is 4.79 Å². The molecule has 42 heavy (non-hydrogen) atoms. The highest BCUT2D eigenvalue weighted by molar-refractivity contribution is 5.93. The van der Waals surface area contributed by atoms with Crippen molar-refractivity contribution in [2.24, 2.45) is 0 Å². The highest BCUT2D eigenvalue weighted by atomic mass is 16.6. The second-order valence-electron chi connectivity index (χ2n) is 12.7. The first kappa shape index (κ1) is 34.7. The first-order chi connectivity index (χ1) is 19.6. The number of benzene rings is 2. The number of ether oxygens (including phenoxy) is 1. The molecular weight excluding hydrogens is 530 g/mol. The topological polar surface area (TPSA) is 108 Å². The van der Waals surface area contributed by atoms with E-state index in [0.717, 1.165) is 41.5 Å². The van der Waals surface area contributed by atoms with Crippen molar-refractivity contribution in [2.75, 3.05) is 6.54 Å². The molecule has 0 fully saturated rings. The zero-order chi connectivity index (χ0) is 31.7. The van der Waals surface area contributed by atoms with E-state index < -0.39 is 35.2 Å². The molecule has 2 rings (SSSR count). The zero-order valence-electron chi connectivity index (χ0n) is 27.0. The molecule has 0 saturated carbocycles. The Morgan fingerprint density at radius 2 is 1.60 bits per heavy atom. The van der Waals surface area contributed by atoms with Crippen LogP contribution in [0.2, 0.25) is 0 Å². The van der Waals surface area contributed by atoms with Crippen molar-refractivity contribution in [1.29, 1.82) is 0 Å². The predicted octanol–water partition coefficient (Wildman–Crippen LogP) is 6.51. The molecule has 0 aliphatic carbocycles. The number of alkyl carbamates (subject to hydrolysis) is 1. The Labute approximate surface area is 252 Å². The maximum Gasteiger partial charge on any atom is 0.408 e. The van der Waals surface area contributed by atoms with Gasteiger partial charge in [0.1, 0.15) is 23.4 Å². The molecule has 3 N–H and O–H groups in total. The molecule has 0 aromatic heterocycles. The second-order valence-corrected chi connectivity index (χ2v) is 12.7. The Balaban J connectivity index is 2.66. The maximum absolute atomic E-state index is 14.7. The van der Waals surface area contributed by atoms with Gasteiger partial charge < -0.3 is 25.4 Å². The van der Waals surface area contributed by atoms with Crippen LogP contribution in [0.5, 0.6) is 5.75 Å². The largest absolute Gasteiger partial charge is 0.508 e. The minimum absolute atomic E-state index is 0.102. The number of carbonyl (C=O) groups excluding carboxylic acids is 3. The number of hydrogen-bond donors (Lipinski definition) is 3. The zero-order valence-corrected chi connectivity index (χ0v) is 27.0. The van der Waals surface area contributed by atoms with Gasteiger partial charge in [0.25, 0.3) is 0 Å². The van der Waals surface area contributed by atoms with Crippen LogP contribution in [0.15, 0.2) is 42.5 Å². The summed E-state index contributed by atoms with van der Waals surface area (Å²) in [5, 5.41) is 15.7. The summed E-state index contributed by atoms with van der Waals surface area (Å²) in [6.07, 6.45) is 2.86. The van der Waals surface area contributed by atoms with Crippen LogP contribution in [0.1, 0.15) is 102 Å². The molecule has 3 amide bonds. The molecule has 0 spiro atoms. The van der Waals surface area contributed by atoms with Gasteiger partial charge in [0.05, 0.1) is 0 Å². The normalized spacial score (nSPS) is 13.2. The average Bonchev–Trinajstić information content (AvgIpc) is 2.89. The molecule has 0 aliphatic heterocycles. The molecule has 0 bridgehead atoms. The third-order valence-corrected chi connectivity index (χ3v) is 7.43. The number of aromatic hydroxyl groups is 1. The Morgan fingerprint density at radius 1 is 0.952 bits per heavy atom. The van der Waals surface area contributed by atoms with Gasteiger partial charge in [-0.05, 0) is 90.1 Å². The summed E-state index contributed by atoms with van der Waals surface area (Å²) >= 11 is 0. The Morgan fingerprint density at radius 3 is 2.14 bits per heavy atom. The molecule has 8 heteroatoms. The number of hydrogen-bond acceptors (Lipinski definition) is 5. The van der Waals surface area contributed by atoms with Crippen LogP contribution in [0, 0.1) is 13.8 Å². The van der Waals surface area contributed by atoms with Crippen molar-refractivity contribution in [3.05, 3.63) is 64.7 Å². The first-order valence-corrected chi connectivity index (χ1v) is 15.0. The highest BCUT2D eigenvalue weighted by Crippen LogP contribution is 2.34. The molecule has 8 nitrogen and oxygen atoms in total. The molecule has 2 unspecified atom stereocenters. The number of nitrogens with one attached hydrogen (secondary N) is 2. The lowest BCUT2D eigenvalue weighted by Crippen LogP contribution is -2.60. The quantitative estimate of drug-likeness (QED) is 0.234. The predicted molar refractivity (Wildman–Crippen MR) is 167 cm³/mol. The van der Waals surface area contributed by atoms with Crippen molar-refractivity contribution in [3.8, 4) is 5.75 Å². The number of aryl methyl sites for hydroxylation is 2. The lowest BCUT2D eigenvalue weighted by Gasteiger charge is -2.45. The van der Waals surface area contributed by atoms with Gasteiger partial charge in [0.15, 0.2) is 0 Å². The van der Waals surface area contributed by atoms with E-state index in [2.05, 4.69) is 17.6 Å². The van der Waals surface area contributed by atoms with E-state index >= 15 is 0 Å². The molecular formula is C34H51N3O5. The fourth-order valence-electron chi connectivity index (χ4n) is 4.84. The van der Waals surface area contributed by atoms with Crippen LogP contribution in [0.25, 0.3) is 0 Å². The summed E-state index contributed by atoms with van der Waals surface area (Å²) in [7, 11) is 0. The summed E-state index contributed by atoms with van der Waals surface area (Å²) in [6.45, 7) is 17.7. The van der Waals surface area contributed by atoms with E-state index in [0.29, 0.717) is 13.0 Å². The van der Waals surface area contributed by atoms with Crippen LogP contribution in [0.3, 0.4) is 0 Å². The SMILES string of the molecule is CCCCCNC(=O)C(c1ccc(C)cc1C)N(C(=O)C(Cc1ccc(O)cc1)NC(=O)OC(C)(C)C)C(C)(C)CC. The van der Waals surface area contributed by atoms with Gasteiger partial charge in [-0.3, -0.25) is 9.59 Å². The van der Waals surface area contributed by atoms with E-state index in [-0.39, 0.29) is 18.1 Å². The van der Waals surface area contributed by atoms with E-state index in [4.69, 9.17) is 4.74 Å². The van der Waals surface area contributed by atoms with E-state index in [1.807, 2.05) is 52.8 Å². The third-order valence-electron chi connectivity index (χ3n) is 7.43. The third kappa shape index (κ3) is 10.1. The van der Waals surface area contributed by atoms with Gasteiger partial charge in [0.2, 0.25) is 11.8 Å². The molecule has 232 valence electrons. The Kier molecular flexibility index (Phi) is 12.4. The van der Waals surface area contributed by atoms with Gasteiger partial charge in [0, 0.05) is 18.5 Å². The monoisotopic (exact) mass is 581 g/mol. The Bertz CT molecular complexity index is 1200.